The van der Waals surface area contributed by atoms with Gasteiger partial charge in [-0.15, -0.1) is 11.3 Å². The molecule has 8 heteroatoms. The molecule has 0 bridgehead atoms. The number of hydrogen-bond acceptors (Lipinski definition) is 6. The summed E-state index contributed by atoms with van der Waals surface area (Å²) >= 11 is 2.92. The second kappa shape index (κ2) is 9.14. The summed E-state index contributed by atoms with van der Waals surface area (Å²) in [5.74, 6) is 0.0758. The number of fused-ring (bicyclic) bond motifs is 3. The zero-order chi connectivity index (χ0) is 22.1. The first-order chi connectivity index (χ1) is 14.9. The van der Waals surface area contributed by atoms with Crippen LogP contribution >= 0.6 is 23.1 Å². The van der Waals surface area contributed by atoms with Crippen molar-refractivity contribution in [2.45, 2.75) is 51.2 Å². The third-order valence-electron chi connectivity index (χ3n) is 5.46. The van der Waals surface area contributed by atoms with Crippen molar-refractivity contribution in [2.24, 2.45) is 0 Å². The average Bonchev–Trinajstić information content (AvgIpc) is 3.28. The van der Waals surface area contributed by atoms with E-state index in [0.717, 1.165) is 46.3 Å². The average molecular weight is 458 g/mol. The number of benzene rings is 1. The maximum absolute atomic E-state index is 13.7. The number of aryl methyl sites for hydroxylation is 4. The highest BCUT2D eigenvalue weighted by molar-refractivity contribution is 7.99. The highest BCUT2D eigenvalue weighted by Gasteiger charge is 2.24. The Kier molecular flexibility index (Phi) is 6.50. The summed E-state index contributed by atoms with van der Waals surface area (Å²) in [6.07, 6.45) is 3.05. The minimum absolute atomic E-state index is 0.0352. The maximum atomic E-state index is 13.7. The van der Waals surface area contributed by atoms with Crippen molar-refractivity contribution in [3.05, 3.63) is 50.1 Å². The molecular formula is C23H27N3O3S2. The molecule has 1 aliphatic rings. The predicted molar refractivity (Wildman–Crippen MR) is 127 cm³/mol. The Bertz CT molecular complexity index is 1200. The van der Waals surface area contributed by atoms with Crippen LogP contribution in [0.25, 0.3) is 15.9 Å². The highest BCUT2D eigenvalue weighted by atomic mass is 32.2. The molecule has 2 aromatic heterocycles. The Morgan fingerprint density at radius 3 is 2.90 bits per heavy atom. The number of thioether (sulfide) groups is 1. The smallest absolute Gasteiger partial charge is 0.267 e. The molecule has 31 heavy (non-hydrogen) atoms. The van der Waals surface area contributed by atoms with Crippen molar-refractivity contribution in [3.63, 3.8) is 0 Å². The van der Waals surface area contributed by atoms with Crippen LogP contribution in [-0.4, -0.2) is 41.0 Å². The minimum Gasteiger partial charge on any atom is -0.383 e. The lowest BCUT2D eigenvalue weighted by atomic mass is 10.1. The fourth-order valence-corrected chi connectivity index (χ4v) is 6.25. The largest absolute Gasteiger partial charge is 0.383 e. The normalized spacial score (nSPS) is 14.1. The van der Waals surface area contributed by atoms with Crippen LogP contribution in [-0.2, 0) is 22.4 Å². The second-order valence-corrected chi connectivity index (χ2v) is 10.1. The molecule has 1 unspecified atom stereocenters. The van der Waals surface area contributed by atoms with E-state index in [9.17, 15) is 9.59 Å². The molecule has 1 aromatic carbocycles. The quantitative estimate of drug-likeness (QED) is 0.432. The fourth-order valence-electron chi connectivity index (χ4n) is 4.13. The van der Waals surface area contributed by atoms with E-state index in [1.165, 1.54) is 22.2 Å². The lowest BCUT2D eigenvalue weighted by Gasteiger charge is -2.16. The van der Waals surface area contributed by atoms with Gasteiger partial charge in [-0.2, -0.15) is 0 Å². The maximum Gasteiger partial charge on any atom is 0.267 e. The van der Waals surface area contributed by atoms with Gasteiger partial charge in [0.1, 0.15) is 4.83 Å². The van der Waals surface area contributed by atoms with Gasteiger partial charge in [0.05, 0.1) is 23.4 Å². The number of thiophene rings is 1. The lowest BCUT2D eigenvalue weighted by molar-refractivity contribution is -0.119. The molecule has 1 amide bonds. The van der Waals surface area contributed by atoms with E-state index < -0.39 is 0 Å². The molecule has 0 saturated carbocycles. The van der Waals surface area contributed by atoms with Crippen molar-refractivity contribution in [2.75, 3.05) is 19.5 Å². The first-order valence-electron chi connectivity index (χ1n) is 10.4. The molecule has 164 valence electrons. The summed E-state index contributed by atoms with van der Waals surface area (Å²) in [6, 6.07) is 5.97. The van der Waals surface area contributed by atoms with E-state index in [1.807, 2.05) is 32.9 Å². The van der Waals surface area contributed by atoms with Gasteiger partial charge in [-0.25, -0.2) is 4.98 Å². The number of nitrogens with zero attached hydrogens (tertiary/aromatic N) is 2. The van der Waals surface area contributed by atoms with Crippen molar-refractivity contribution < 1.29 is 9.53 Å². The number of carbonyl (C=O) groups excluding carboxylic acids is 1. The number of aromatic nitrogens is 2. The molecular weight excluding hydrogens is 430 g/mol. The summed E-state index contributed by atoms with van der Waals surface area (Å²) in [4.78, 5) is 33.1. The van der Waals surface area contributed by atoms with Gasteiger partial charge < -0.3 is 10.1 Å². The number of ether oxygens (including phenoxy) is 1. The van der Waals surface area contributed by atoms with Crippen LogP contribution in [0, 0.1) is 13.8 Å². The third-order valence-corrected chi connectivity index (χ3v) is 7.58. The molecule has 0 saturated heterocycles. The van der Waals surface area contributed by atoms with E-state index >= 15 is 0 Å². The third kappa shape index (κ3) is 4.42. The highest BCUT2D eigenvalue weighted by Crippen LogP contribution is 2.36. The van der Waals surface area contributed by atoms with Crippen molar-refractivity contribution in [3.8, 4) is 5.69 Å². The van der Waals surface area contributed by atoms with E-state index in [2.05, 4.69) is 11.4 Å². The Hall–Kier alpha value is -2.16. The van der Waals surface area contributed by atoms with Gasteiger partial charge in [-0.3, -0.25) is 14.2 Å². The Morgan fingerprint density at radius 1 is 1.35 bits per heavy atom. The van der Waals surface area contributed by atoms with Gasteiger partial charge in [0, 0.05) is 18.0 Å². The van der Waals surface area contributed by atoms with Crippen LogP contribution in [0.15, 0.2) is 28.2 Å². The molecule has 1 aliphatic carbocycles. The molecule has 4 rings (SSSR count). The zero-order valence-electron chi connectivity index (χ0n) is 18.3. The lowest BCUT2D eigenvalue weighted by Crippen LogP contribution is -2.36. The van der Waals surface area contributed by atoms with Crippen LogP contribution in [0.1, 0.15) is 34.9 Å². The number of carbonyl (C=O) groups is 1. The first kappa shape index (κ1) is 22.0. The van der Waals surface area contributed by atoms with E-state index in [1.54, 1.807) is 23.0 Å². The zero-order valence-corrected chi connectivity index (χ0v) is 19.9. The summed E-state index contributed by atoms with van der Waals surface area (Å²) in [5.41, 5.74) is 4.10. The van der Waals surface area contributed by atoms with E-state index in [4.69, 9.17) is 9.72 Å². The van der Waals surface area contributed by atoms with Crippen LogP contribution in [0.3, 0.4) is 0 Å². The molecule has 0 radical (unpaired) electrons. The number of rotatable bonds is 7. The molecule has 0 fully saturated rings. The Balaban J connectivity index is 1.76. The van der Waals surface area contributed by atoms with Gasteiger partial charge in [-0.1, -0.05) is 29.5 Å². The van der Waals surface area contributed by atoms with Gasteiger partial charge in [-0.05, 0) is 57.2 Å². The molecule has 0 aliphatic heterocycles. The van der Waals surface area contributed by atoms with Crippen molar-refractivity contribution in [1.82, 2.24) is 14.9 Å². The van der Waals surface area contributed by atoms with E-state index in [-0.39, 0.29) is 23.3 Å². The minimum atomic E-state index is -0.107. The van der Waals surface area contributed by atoms with Gasteiger partial charge in [0.15, 0.2) is 5.16 Å². The fraction of sp³-hybridized carbons (Fsp3) is 0.435. The predicted octanol–water partition coefficient (Wildman–Crippen LogP) is 3.80. The van der Waals surface area contributed by atoms with Crippen LogP contribution in [0.4, 0.5) is 0 Å². The SMILES string of the molecule is COCC(C)NC(=O)CSc1nc2sc3c(c2c(=O)n1-c1ccc(C)cc1C)CCC3. The molecule has 3 aromatic rings. The summed E-state index contributed by atoms with van der Waals surface area (Å²) in [6.45, 7) is 6.39. The molecule has 0 spiro atoms. The monoisotopic (exact) mass is 457 g/mol. The molecule has 1 N–H and O–H groups in total. The van der Waals surface area contributed by atoms with Crippen LogP contribution in [0.2, 0.25) is 0 Å². The van der Waals surface area contributed by atoms with Crippen molar-refractivity contribution >= 4 is 39.2 Å². The first-order valence-corrected chi connectivity index (χ1v) is 12.2. The Labute approximate surface area is 190 Å². The van der Waals surface area contributed by atoms with Gasteiger partial charge >= 0.3 is 0 Å². The summed E-state index contributed by atoms with van der Waals surface area (Å²) in [7, 11) is 1.61. The summed E-state index contributed by atoms with van der Waals surface area (Å²) in [5, 5.41) is 4.22. The Morgan fingerprint density at radius 2 is 2.16 bits per heavy atom. The van der Waals surface area contributed by atoms with Crippen molar-refractivity contribution in [1.29, 1.82) is 0 Å². The summed E-state index contributed by atoms with van der Waals surface area (Å²) < 4.78 is 6.78. The van der Waals surface area contributed by atoms with Crippen LogP contribution in [0.5, 0.6) is 0 Å². The number of methoxy groups -OCH3 is 1. The molecule has 2 heterocycles. The van der Waals surface area contributed by atoms with Gasteiger partial charge in [0.2, 0.25) is 5.91 Å². The second-order valence-electron chi connectivity index (χ2n) is 8.07. The number of nitrogens with one attached hydrogen (secondary N) is 1. The number of amides is 1. The number of hydrogen-bond donors (Lipinski definition) is 1. The molecule has 6 nitrogen and oxygen atoms in total. The molecule has 1 atom stereocenters. The topological polar surface area (TPSA) is 73.2 Å². The standard InChI is InChI=1S/C23H27N3O3S2/c1-13-8-9-17(14(2)10-13)26-22(28)20-16-6-5-7-18(16)31-21(20)25-23(26)30-12-19(27)24-15(3)11-29-4/h8-10,15H,5-7,11-12H2,1-4H3,(H,24,27). The van der Waals surface area contributed by atoms with Crippen LogP contribution < -0.4 is 10.9 Å². The van der Waals surface area contributed by atoms with E-state index in [0.29, 0.717) is 11.8 Å². The van der Waals surface area contributed by atoms with Gasteiger partial charge in [0.25, 0.3) is 5.56 Å².